The minimum atomic E-state index is -0.415. The molecule has 2 N–H and O–H groups in total. The van der Waals surface area contributed by atoms with Crippen molar-refractivity contribution in [3.63, 3.8) is 0 Å². The van der Waals surface area contributed by atoms with Gasteiger partial charge in [0, 0.05) is 50.5 Å². The third kappa shape index (κ3) is 4.01. The third-order valence-corrected chi connectivity index (χ3v) is 6.05. The van der Waals surface area contributed by atoms with Crippen molar-refractivity contribution in [3.05, 3.63) is 69.3 Å². The lowest BCUT2D eigenvalue weighted by Crippen LogP contribution is -2.51. The average Bonchev–Trinajstić information content (AvgIpc) is 3.23. The molecule has 0 radical (unpaired) electrons. The quantitative estimate of drug-likeness (QED) is 0.595. The number of nitrogens with one attached hydrogen (secondary N) is 2. The number of rotatable bonds is 4. The summed E-state index contributed by atoms with van der Waals surface area (Å²) in [6.45, 7) is 7.77. The van der Waals surface area contributed by atoms with Crippen LogP contribution in [0.25, 0.3) is 0 Å². The Bertz CT molecular complexity index is 938. The maximum absolute atomic E-state index is 13.2. The van der Waals surface area contributed by atoms with Gasteiger partial charge < -0.3 is 9.80 Å². The maximum Gasteiger partial charge on any atom is 0.269 e. The van der Waals surface area contributed by atoms with Crippen molar-refractivity contribution in [1.29, 1.82) is 0 Å². The van der Waals surface area contributed by atoms with Crippen LogP contribution < -0.4 is 15.8 Å². The fraction of sp³-hybridized carbons (Fsp3) is 0.409. The lowest BCUT2D eigenvalue weighted by molar-refractivity contribution is -0.384. The first kappa shape index (κ1) is 20.3. The number of piperazine rings is 1. The van der Waals surface area contributed by atoms with Crippen LogP contribution in [0.4, 0.5) is 11.4 Å². The topological polar surface area (TPSA) is 90.8 Å². The second kappa shape index (κ2) is 8.41. The van der Waals surface area contributed by atoms with Gasteiger partial charge in [0.2, 0.25) is 5.91 Å². The van der Waals surface area contributed by atoms with E-state index in [1.807, 2.05) is 4.90 Å². The van der Waals surface area contributed by atoms with Gasteiger partial charge in [-0.25, -0.2) is 5.43 Å². The van der Waals surface area contributed by atoms with Crippen LogP contribution in [0.3, 0.4) is 0 Å². The number of aryl methyl sites for hydroxylation is 2. The molecule has 8 heteroatoms. The highest BCUT2D eigenvalue weighted by atomic mass is 16.6. The summed E-state index contributed by atoms with van der Waals surface area (Å²) in [5, 5.41) is 10.9. The Morgan fingerprint density at radius 3 is 2.40 bits per heavy atom. The molecule has 0 aromatic heterocycles. The predicted octanol–water partition coefficient (Wildman–Crippen LogP) is 2.33. The molecule has 2 aliphatic rings. The Morgan fingerprint density at radius 2 is 1.77 bits per heavy atom. The van der Waals surface area contributed by atoms with E-state index < -0.39 is 4.92 Å². The highest BCUT2D eigenvalue weighted by molar-refractivity contribution is 5.81. The number of benzene rings is 2. The fourth-order valence-corrected chi connectivity index (χ4v) is 4.41. The molecule has 0 bridgehead atoms. The number of non-ortho nitro benzene ring substituents is 1. The number of nitro benzene ring substituents is 1. The normalized spacial score (nSPS) is 21.7. The van der Waals surface area contributed by atoms with E-state index in [0.717, 1.165) is 18.7 Å². The maximum atomic E-state index is 13.2. The van der Waals surface area contributed by atoms with Gasteiger partial charge in [-0.1, -0.05) is 29.8 Å². The second-order valence-corrected chi connectivity index (χ2v) is 8.06. The van der Waals surface area contributed by atoms with E-state index in [0.29, 0.717) is 19.6 Å². The standard InChI is InChI=1S/C22H27N5O3/c1-15-3-8-20(16(2)13-15)25-9-11-26(12-10-25)22(28)19-14-23-24-21(19)17-4-6-18(7-5-17)27(29)30/h3-8,13,19,21,23-24H,9-12,14H2,1-2H3. The van der Waals surface area contributed by atoms with Crippen LogP contribution in [-0.2, 0) is 4.79 Å². The van der Waals surface area contributed by atoms with Crippen LogP contribution in [0, 0.1) is 29.9 Å². The van der Waals surface area contributed by atoms with Crippen molar-refractivity contribution in [3.8, 4) is 0 Å². The summed E-state index contributed by atoms with van der Waals surface area (Å²) in [5.74, 6) is -0.116. The average molecular weight is 409 g/mol. The minimum absolute atomic E-state index is 0.0510. The second-order valence-electron chi connectivity index (χ2n) is 8.06. The Balaban J connectivity index is 1.41. The zero-order valence-corrected chi connectivity index (χ0v) is 17.3. The SMILES string of the molecule is Cc1ccc(N2CCN(C(=O)C3CNNC3c3ccc([N+](=O)[O-])cc3)CC2)c(C)c1. The first-order valence-electron chi connectivity index (χ1n) is 10.3. The first-order chi connectivity index (χ1) is 14.4. The molecule has 2 heterocycles. The van der Waals surface area contributed by atoms with Crippen LogP contribution in [0.5, 0.6) is 0 Å². The number of nitrogens with zero attached hydrogens (tertiary/aromatic N) is 3. The Kier molecular flexibility index (Phi) is 5.69. The van der Waals surface area contributed by atoms with Gasteiger partial charge in [0.1, 0.15) is 0 Å². The first-order valence-corrected chi connectivity index (χ1v) is 10.3. The van der Waals surface area contributed by atoms with Crippen LogP contribution in [-0.4, -0.2) is 48.5 Å². The lowest BCUT2D eigenvalue weighted by atomic mass is 9.93. The number of carbonyl (C=O) groups excluding carboxylic acids is 1. The lowest BCUT2D eigenvalue weighted by Gasteiger charge is -2.38. The van der Waals surface area contributed by atoms with Crippen molar-refractivity contribution < 1.29 is 9.72 Å². The molecule has 0 saturated carbocycles. The fourth-order valence-electron chi connectivity index (χ4n) is 4.41. The molecular weight excluding hydrogens is 382 g/mol. The molecule has 2 aliphatic heterocycles. The molecule has 2 aromatic carbocycles. The molecule has 4 rings (SSSR count). The van der Waals surface area contributed by atoms with Gasteiger partial charge in [-0.2, -0.15) is 0 Å². The Morgan fingerprint density at radius 1 is 1.07 bits per heavy atom. The van der Waals surface area contributed by atoms with Gasteiger partial charge in [0.15, 0.2) is 0 Å². The smallest absolute Gasteiger partial charge is 0.269 e. The van der Waals surface area contributed by atoms with E-state index in [-0.39, 0.29) is 23.6 Å². The molecule has 2 fully saturated rings. The van der Waals surface area contributed by atoms with E-state index in [9.17, 15) is 14.9 Å². The molecule has 0 aliphatic carbocycles. The number of nitro groups is 1. The Labute approximate surface area is 176 Å². The van der Waals surface area contributed by atoms with E-state index in [1.54, 1.807) is 12.1 Å². The number of hydrogen-bond acceptors (Lipinski definition) is 6. The molecule has 2 saturated heterocycles. The summed E-state index contributed by atoms with van der Waals surface area (Å²) in [5.41, 5.74) is 10.9. The highest BCUT2D eigenvalue weighted by Gasteiger charge is 2.37. The number of hydrazine groups is 1. The number of carbonyl (C=O) groups is 1. The molecule has 1 amide bonds. The number of hydrogen-bond donors (Lipinski definition) is 2. The van der Waals surface area contributed by atoms with Crippen molar-refractivity contribution >= 4 is 17.3 Å². The molecule has 2 atom stereocenters. The van der Waals surface area contributed by atoms with Crippen LogP contribution in [0.2, 0.25) is 0 Å². The van der Waals surface area contributed by atoms with Crippen molar-refractivity contribution in [2.75, 3.05) is 37.6 Å². The zero-order valence-electron chi connectivity index (χ0n) is 17.3. The highest BCUT2D eigenvalue weighted by Crippen LogP contribution is 2.29. The Hall–Kier alpha value is -2.97. The van der Waals surface area contributed by atoms with Gasteiger partial charge in [0.25, 0.3) is 5.69 Å². The zero-order chi connectivity index (χ0) is 21.3. The van der Waals surface area contributed by atoms with Crippen LogP contribution in [0.1, 0.15) is 22.7 Å². The molecular formula is C22H27N5O3. The van der Waals surface area contributed by atoms with Crippen molar-refractivity contribution in [2.45, 2.75) is 19.9 Å². The summed E-state index contributed by atoms with van der Waals surface area (Å²) in [4.78, 5) is 28.0. The van der Waals surface area contributed by atoms with E-state index in [1.165, 1.54) is 28.9 Å². The van der Waals surface area contributed by atoms with Gasteiger partial charge in [-0.05, 0) is 31.0 Å². The van der Waals surface area contributed by atoms with Gasteiger partial charge in [0.05, 0.1) is 16.9 Å². The summed E-state index contributed by atoms with van der Waals surface area (Å²) in [6, 6.07) is 12.7. The van der Waals surface area contributed by atoms with Crippen molar-refractivity contribution in [2.24, 2.45) is 5.92 Å². The summed E-state index contributed by atoms with van der Waals surface area (Å²) < 4.78 is 0. The molecule has 158 valence electrons. The summed E-state index contributed by atoms with van der Waals surface area (Å²) in [7, 11) is 0. The summed E-state index contributed by atoms with van der Waals surface area (Å²) in [6.07, 6.45) is 0. The minimum Gasteiger partial charge on any atom is -0.368 e. The number of amides is 1. The molecule has 0 spiro atoms. The molecule has 2 aromatic rings. The van der Waals surface area contributed by atoms with Crippen LogP contribution >= 0.6 is 0 Å². The largest absolute Gasteiger partial charge is 0.368 e. The van der Waals surface area contributed by atoms with Crippen LogP contribution in [0.15, 0.2) is 42.5 Å². The van der Waals surface area contributed by atoms with Crippen molar-refractivity contribution in [1.82, 2.24) is 15.8 Å². The van der Waals surface area contributed by atoms with Gasteiger partial charge in [-0.3, -0.25) is 20.3 Å². The van der Waals surface area contributed by atoms with Gasteiger partial charge >= 0.3 is 0 Å². The molecule has 30 heavy (non-hydrogen) atoms. The third-order valence-electron chi connectivity index (χ3n) is 6.05. The summed E-state index contributed by atoms with van der Waals surface area (Å²) >= 11 is 0. The monoisotopic (exact) mass is 409 g/mol. The molecule has 2 unspecified atom stereocenters. The number of anilines is 1. The predicted molar refractivity (Wildman–Crippen MR) is 115 cm³/mol. The van der Waals surface area contributed by atoms with E-state index in [2.05, 4.69) is 47.8 Å². The van der Waals surface area contributed by atoms with Gasteiger partial charge in [-0.15, -0.1) is 0 Å². The van der Waals surface area contributed by atoms with E-state index in [4.69, 9.17) is 0 Å². The molecule has 8 nitrogen and oxygen atoms in total. The van der Waals surface area contributed by atoms with E-state index >= 15 is 0 Å².